The average Bonchev–Trinajstić information content (AvgIpc) is 3.03. The van der Waals surface area contributed by atoms with Gasteiger partial charge in [-0.3, -0.25) is 4.79 Å². The average molecular weight is 330 g/mol. The van der Waals surface area contributed by atoms with E-state index in [0.29, 0.717) is 22.0 Å². The van der Waals surface area contributed by atoms with E-state index in [1.165, 1.54) is 0 Å². The number of ether oxygens (including phenoxy) is 1. The molecule has 0 saturated heterocycles. The Kier molecular flexibility index (Phi) is 4.25. The standard InChI is InChI=1S/C16H12ClN3O3/c1-22-11-8-6-10(7-9-11)14-15(20-23-19-14)18-16(21)12-4-2-3-5-13(12)17/h2-9H,1H3,(H,18,20,21). The third kappa shape index (κ3) is 3.17. The minimum Gasteiger partial charge on any atom is -0.497 e. The number of carbonyl (C=O) groups is 1. The first kappa shape index (κ1) is 15.1. The van der Waals surface area contributed by atoms with Crippen LogP contribution in [0.25, 0.3) is 11.3 Å². The van der Waals surface area contributed by atoms with Gasteiger partial charge in [-0.2, -0.15) is 0 Å². The van der Waals surface area contributed by atoms with E-state index < -0.39 is 0 Å². The predicted octanol–water partition coefficient (Wildman–Crippen LogP) is 3.65. The summed E-state index contributed by atoms with van der Waals surface area (Å²) in [6.07, 6.45) is 0. The lowest BCUT2D eigenvalue weighted by atomic mass is 10.1. The lowest BCUT2D eigenvalue weighted by Crippen LogP contribution is -2.13. The summed E-state index contributed by atoms with van der Waals surface area (Å²) in [7, 11) is 1.59. The molecule has 2 aromatic carbocycles. The van der Waals surface area contributed by atoms with Gasteiger partial charge in [0.1, 0.15) is 5.75 Å². The van der Waals surface area contributed by atoms with Crippen molar-refractivity contribution < 1.29 is 14.2 Å². The molecule has 7 heteroatoms. The number of aromatic nitrogens is 2. The Morgan fingerprint density at radius 3 is 2.57 bits per heavy atom. The summed E-state index contributed by atoms with van der Waals surface area (Å²) in [6.45, 7) is 0. The van der Waals surface area contributed by atoms with Crippen molar-refractivity contribution in [2.75, 3.05) is 12.4 Å². The molecule has 1 N–H and O–H groups in total. The molecule has 1 aromatic heterocycles. The van der Waals surface area contributed by atoms with Gasteiger partial charge in [0.2, 0.25) is 5.82 Å². The lowest BCUT2D eigenvalue weighted by molar-refractivity contribution is 0.102. The van der Waals surface area contributed by atoms with E-state index in [4.69, 9.17) is 21.0 Å². The maximum absolute atomic E-state index is 12.3. The van der Waals surface area contributed by atoms with Crippen LogP contribution in [0.15, 0.2) is 53.2 Å². The third-order valence-corrected chi connectivity index (χ3v) is 3.53. The molecule has 0 fully saturated rings. The van der Waals surface area contributed by atoms with E-state index in [1.807, 2.05) is 0 Å². The molecule has 0 unspecified atom stereocenters. The second-order valence-corrected chi connectivity index (χ2v) is 5.03. The van der Waals surface area contributed by atoms with Crippen molar-refractivity contribution in [3.05, 3.63) is 59.1 Å². The van der Waals surface area contributed by atoms with Crippen LogP contribution in [-0.2, 0) is 0 Å². The number of halogens is 1. The maximum atomic E-state index is 12.3. The Morgan fingerprint density at radius 1 is 1.13 bits per heavy atom. The highest BCUT2D eigenvalue weighted by Gasteiger charge is 2.17. The number of hydrogen-bond acceptors (Lipinski definition) is 5. The topological polar surface area (TPSA) is 77.2 Å². The van der Waals surface area contributed by atoms with Crippen LogP contribution >= 0.6 is 11.6 Å². The molecule has 116 valence electrons. The Balaban J connectivity index is 1.86. The Bertz CT molecular complexity index is 831. The normalized spacial score (nSPS) is 10.3. The van der Waals surface area contributed by atoms with Crippen LogP contribution in [0.5, 0.6) is 5.75 Å². The maximum Gasteiger partial charge on any atom is 0.258 e. The molecule has 23 heavy (non-hydrogen) atoms. The first-order valence-corrected chi connectivity index (χ1v) is 7.09. The number of amides is 1. The zero-order valence-corrected chi connectivity index (χ0v) is 12.9. The van der Waals surface area contributed by atoms with E-state index in [9.17, 15) is 4.79 Å². The van der Waals surface area contributed by atoms with Crippen molar-refractivity contribution in [3.8, 4) is 17.0 Å². The summed E-state index contributed by atoms with van der Waals surface area (Å²) in [5.74, 6) is 0.549. The second kappa shape index (κ2) is 6.50. The van der Waals surface area contributed by atoms with Gasteiger partial charge in [0.15, 0.2) is 5.69 Å². The van der Waals surface area contributed by atoms with Crippen LogP contribution in [0.3, 0.4) is 0 Å². The van der Waals surface area contributed by atoms with Crippen molar-refractivity contribution in [1.82, 2.24) is 10.3 Å². The smallest absolute Gasteiger partial charge is 0.258 e. The third-order valence-electron chi connectivity index (χ3n) is 3.20. The van der Waals surface area contributed by atoms with Crippen LogP contribution in [0, 0.1) is 0 Å². The van der Waals surface area contributed by atoms with Crippen LogP contribution in [0.2, 0.25) is 5.02 Å². The lowest BCUT2D eigenvalue weighted by Gasteiger charge is -2.05. The molecule has 0 spiro atoms. The summed E-state index contributed by atoms with van der Waals surface area (Å²) >= 11 is 6.02. The zero-order valence-electron chi connectivity index (χ0n) is 12.1. The van der Waals surface area contributed by atoms with Crippen molar-refractivity contribution in [2.45, 2.75) is 0 Å². The Hall–Kier alpha value is -2.86. The van der Waals surface area contributed by atoms with Crippen molar-refractivity contribution in [2.24, 2.45) is 0 Å². The van der Waals surface area contributed by atoms with Gasteiger partial charge in [0.05, 0.1) is 17.7 Å². The predicted molar refractivity (Wildman–Crippen MR) is 85.7 cm³/mol. The van der Waals surface area contributed by atoms with Crippen molar-refractivity contribution in [3.63, 3.8) is 0 Å². The molecular weight excluding hydrogens is 318 g/mol. The molecule has 6 nitrogen and oxygen atoms in total. The second-order valence-electron chi connectivity index (χ2n) is 4.62. The molecule has 0 aliphatic heterocycles. The summed E-state index contributed by atoms with van der Waals surface area (Å²) < 4.78 is 9.85. The van der Waals surface area contributed by atoms with Gasteiger partial charge in [0, 0.05) is 5.56 Å². The number of methoxy groups -OCH3 is 1. The van der Waals surface area contributed by atoms with E-state index in [2.05, 4.69) is 15.6 Å². The quantitative estimate of drug-likeness (QED) is 0.790. The van der Waals surface area contributed by atoms with Gasteiger partial charge in [-0.25, -0.2) is 4.63 Å². The molecule has 3 aromatic rings. The van der Waals surface area contributed by atoms with Gasteiger partial charge in [-0.15, -0.1) is 0 Å². The first-order chi connectivity index (χ1) is 11.2. The number of carbonyl (C=O) groups excluding carboxylic acids is 1. The van der Waals surface area contributed by atoms with E-state index >= 15 is 0 Å². The molecule has 1 amide bonds. The SMILES string of the molecule is COc1ccc(-c2nonc2NC(=O)c2ccccc2Cl)cc1. The Labute approximate surface area is 137 Å². The van der Waals surface area contributed by atoms with Gasteiger partial charge in [0.25, 0.3) is 5.91 Å². The monoisotopic (exact) mass is 329 g/mol. The van der Waals surface area contributed by atoms with Gasteiger partial charge in [-0.1, -0.05) is 23.7 Å². The molecule has 0 bridgehead atoms. The minimum atomic E-state index is -0.388. The highest BCUT2D eigenvalue weighted by atomic mass is 35.5. The Morgan fingerprint density at radius 2 is 1.87 bits per heavy atom. The number of benzene rings is 2. The molecular formula is C16H12ClN3O3. The number of nitrogens with one attached hydrogen (secondary N) is 1. The fourth-order valence-electron chi connectivity index (χ4n) is 2.03. The molecule has 0 aliphatic carbocycles. The highest BCUT2D eigenvalue weighted by molar-refractivity contribution is 6.34. The molecule has 0 aliphatic rings. The number of nitrogens with zero attached hydrogens (tertiary/aromatic N) is 2. The molecule has 0 saturated carbocycles. The number of hydrogen-bond donors (Lipinski definition) is 1. The van der Waals surface area contributed by atoms with E-state index in [0.717, 1.165) is 5.56 Å². The van der Waals surface area contributed by atoms with Gasteiger partial charge in [-0.05, 0) is 46.7 Å². The van der Waals surface area contributed by atoms with Crippen LogP contribution in [-0.4, -0.2) is 23.3 Å². The molecule has 3 rings (SSSR count). The van der Waals surface area contributed by atoms with Crippen LogP contribution in [0.1, 0.15) is 10.4 Å². The fourth-order valence-corrected chi connectivity index (χ4v) is 2.25. The summed E-state index contributed by atoms with van der Waals surface area (Å²) in [5, 5.41) is 10.6. The van der Waals surface area contributed by atoms with E-state index in [1.54, 1.807) is 55.6 Å². The minimum absolute atomic E-state index is 0.222. The van der Waals surface area contributed by atoms with Gasteiger partial charge >= 0.3 is 0 Å². The summed E-state index contributed by atoms with van der Waals surface area (Å²) in [6, 6.07) is 13.9. The molecule has 0 radical (unpaired) electrons. The molecule has 0 atom stereocenters. The van der Waals surface area contributed by atoms with Crippen molar-refractivity contribution in [1.29, 1.82) is 0 Å². The van der Waals surface area contributed by atoms with E-state index in [-0.39, 0.29) is 11.7 Å². The largest absolute Gasteiger partial charge is 0.497 e. The summed E-state index contributed by atoms with van der Waals surface area (Å²) in [5.41, 5.74) is 1.51. The highest BCUT2D eigenvalue weighted by Crippen LogP contribution is 2.27. The first-order valence-electron chi connectivity index (χ1n) is 6.72. The van der Waals surface area contributed by atoms with Crippen LogP contribution in [0.4, 0.5) is 5.82 Å². The summed E-state index contributed by atoms with van der Waals surface area (Å²) in [4.78, 5) is 12.3. The van der Waals surface area contributed by atoms with Crippen LogP contribution < -0.4 is 10.1 Å². The zero-order chi connectivity index (χ0) is 16.2. The fraction of sp³-hybridized carbons (Fsp3) is 0.0625. The number of rotatable bonds is 4. The van der Waals surface area contributed by atoms with Crippen molar-refractivity contribution >= 4 is 23.3 Å². The molecule has 1 heterocycles. The number of anilines is 1. The van der Waals surface area contributed by atoms with Gasteiger partial charge < -0.3 is 10.1 Å².